The Labute approximate surface area is 79.4 Å². The molecule has 0 saturated carbocycles. The molecule has 0 spiro atoms. The van der Waals surface area contributed by atoms with E-state index in [0.29, 0.717) is 17.3 Å². The Hall–Kier alpha value is -1.55. The minimum Gasteiger partial charge on any atom is -0.463 e. The van der Waals surface area contributed by atoms with Crippen LogP contribution in [0.4, 0.5) is 5.82 Å². The van der Waals surface area contributed by atoms with E-state index >= 15 is 0 Å². The van der Waals surface area contributed by atoms with Crippen LogP contribution in [0.5, 0.6) is 0 Å². The van der Waals surface area contributed by atoms with Crippen molar-refractivity contribution in [3.8, 4) is 11.5 Å². The van der Waals surface area contributed by atoms with Gasteiger partial charge in [0.1, 0.15) is 11.5 Å². The molecule has 0 amide bonds. The highest BCUT2D eigenvalue weighted by atomic mass is 35.5. The molecule has 0 fully saturated rings. The summed E-state index contributed by atoms with van der Waals surface area (Å²) in [6.45, 7) is 0. The third-order valence-electron chi connectivity index (χ3n) is 1.49. The molecule has 2 heterocycles. The number of hydrogen-bond donors (Lipinski definition) is 1. The first-order chi connectivity index (χ1) is 6.25. The van der Waals surface area contributed by atoms with Crippen LogP contribution in [-0.4, -0.2) is 9.97 Å². The summed E-state index contributed by atoms with van der Waals surface area (Å²) >= 11 is 5.62. The van der Waals surface area contributed by atoms with E-state index < -0.39 is 0 Å². The van der Waals surface area contributed by atoms with Gasteiger partial charge in [-0.3, -0.25) is 0 Å². The lowest BCUT2D eigenvalue weighted by atomic mass is 10.3. The number of nitrogens with zero attached hydrogens (tertiary/aromatic N) is 2. The summed E-state index contributed by atoms with van der Waals surface area (Å²) < 4.78 is 5.13. The van der Waals surface area contributed by atoms with E-state index in [1.54, 1.807) is 24.5 Å². The zero-order chi connectivity index (χ0) is 9.26. The normalized spacial score (nSPS) is 10.2. The van der Waals surface area contributed by atoms with E-state index in [9.17, 15) is 0 Å². The predicted octanol–water partition coefficient (Wildman–Crippen LogP) is 1.97. The Morgan fingerprint density at radius 2 is 2.23 bits per heavy atom. The number of halogens is 1. The molecule has 0 saturated heterocycles. The van der Waals surface area contributed by atoms with Crippen molar-refractivity contribution in [2.45, 2.75) is 0 Å². The number of anilines is 1. The summed E-state index contributed by atoms with van der Waals surface area (Å²) in [5.74, 6) is 0.947. The van der Waals surface area contributed by atoms with Crippen molar-refractivity contribution in [3.63, 3.8) is 0 Å². The third-order valence-corrected chi connectivity index (χ3v) is 1.66. The number of nitrogens with two attached hydrogens (primary N) is 1. The van der Waals surface area contributed by atoms with Crippen LogP contribution in [0.15, 0.2) is 28.9 Å². The molecule has 0 bridgehead atoms. The molecule has 2 aromatic heterocycles. The van der Waals surface area contributed by atoms with Gasteiger partial charge < -0.3 is 10.2 Å². The van der Waals surface area contributed by atoms with Crippen LogP contribution in [0.2, 0.25) is 5.28 Å². The molecular weight excluding hydrogens is 190 g/mol. The maximum absolute atomic E-state index is 5.62. The van der Waals surface area contributed by atoms with Gasteiger partial charge >= 0.3 is 0 Å². The summed E-state index contributed by atoms with van der Waals surface area (Å²) in [4.78, 5) is 7.69. The molecule has 0 aliphatic carbocycles. The van der Waals surface area contributed by atoms with Gasteiger partial charge in [-0.15, -0.1) is 0 Å². The molecule has 2 rings (SSSR count). The largest absolute Gasteiger partial charge is 0.463 e. The van der Waals surface area contributed by atoms with E-state index in [0.717, 1.165) is 0 Å². The maximum Gasteiger partial charge on any atom is 0.224 e. The summed E-state index contributed by atoms with van der Waals surface area (Å²) in [5.41, 5.74) is 6.07. The van der Waals surface area contributed by atoms with Crippen LogP contribution in [0.3, 0.4) is 0 Å². The molecule has 66 valence electrons. The fourth-order valence-corrected chi connectivity index (χ4v) is 1.17. The second kappa shape index (κ2) is 3.06. The average Bonchev–Trinajstić information content (AvgIpc) is 2.53. The minimum atomic E-state index is 0.117. The van der Waals surface area contributed by atoms with Crippen LogP contribution < -0.4 is 5.73 Å². The number of nitrogen functional groups attached to an aromatic ring is 1. The van der Waals surface area contributed by atoms with E-state index in [1.165, 1.54) is 0 Å². The lowest BCUT2D eigenvalue weighted by Gasteiger charge is -1.97. The molecule has 5 heteroatoms. The molecule has 0 aromatic carbocycles. The van der Waals surface area contributed by atoms with Crippen LogP contribution in [0, 0.1) is 0 Å². The van der Waals surface area contributed by atoms with Gasteiger partial charge in [0, 0.05) is 6.07 Å². The highest BCUT2D eigenvalue weighted by Gasteiger charge is 2.04. The Balaban J connectivity index is 2.53. The third kappa shape index (κ3) is 1.62. The molecule has 0 unspecified atom stereocenters. The molecule has 0 aliphatic rings. The first-order valence-corrected chi connectivity index (χ1v) is 3.97. The van der Waals surface area contributed by atoms with Gasteiger partial charge in [-0.05, 0) is 23.7 Å². The predicted molar refractivity (Wildman–Crippen MR) is 49.2 cm³/mol. The SMILES string of the molecule is Nc1cc(-c2ccco2)nc(Cl)n1. The zero-order valence-corrected chi connectivity index (χ0v) is 7.32. The highest BCUT2D eigenvalue weighted by Crippen LogP contribution is 2.20. The van der Waals surface area contributed by atoms with E-state index in [-0.39, 0.29) is 5.28 Å². The van der Waals surface area contributed by atoms with E-state index in [2.05, 4.69) is 9.97 Å². The van der Waals surface area contributed by atoms with Gasteiger partial charge in [0.25, 0.3) is 0 Å². The number of hydrogen-bond acceptors (Lipinski definition) is 4. The van der Waals surface area contributed by atoms with Gasteiger partial charge in [-0.2, -0.15) is 0 Å². The molecule has 2 N–H and O–H groups in total. The second-order valence-electron chi connectivity index (χ2n) is 2.42. The number of furan rings is 1. The molecule has 13 heavy (non-hydrogen) atoms. The van der Waals surface area contributed by atoms with Crippen molar-refractivity contribution >= 4 is 17.4 Å². The molecule has 0 aliphatic heterocycles. The number of aromatic nitrogens is 2. The Bertz CT molecular complexity index is 393. The molecular formula is C8H6ClN3O. The Kier molecular flexibility index (Phi) is 1.90. The van der Waals surface area contributed by atoms with Gasteiger partial charge in [0.05, 0.1) is 6.26 Å². The van der Waals surface area contributed by atoms with Gasteiger partial charge in [0.15, 0.2) is 5.76 Å². The van der Waals surface area contributed by atoms with Gasteiger partial charge in [0.2, 0.25) is 5.28 Å². The van der Waals surface area contributed by atoms with Crippen molar-refractivity contribution in [3.05, 3.63) is 29.7 Å². The summed E-state index contributed by atoms with van der Waals surface area (Å²) in [6.07, 6.45) is 1.56. The Morgan fingerprint density at radius 1 is 1.38 bits per heavy atom. The molecule has 0 atom stereocenters. The lowest BCUT2D eigenvalue weighted by Crippen LogP contribution is -1.93. The maximum atomic E-state index is 5.62. The molecule has 4 nitrogen and oxygen atoms in total. The summed E-state index contributed by atoms with van der Waals surface area (Å²) in [5, 5.41) is 0.117. The first-order valence-electron chi connectivity index (χ1n) is 3.59. The van der Waals surface area contributed by atoms with Crippen LogP contribution >= 0.6 is 11.6 Å². The van der Waals surface area contributed by atoms with E-state index in [1.807, 2.05) is 0 Å². The quantitative estimate of drug-likeness (QED) is 0.707. The van der Waals surface area contributed by atoms with Crippen molar-refractivity contribution in [1.29, 1.82) is 0 Å². The van der Waals surface area contributed by atoms with Crippen molar-refractivity contribution in [2.24, 2.45) is 0 Å². The average molecular weight is 196 g/mol. The van der Waals surface area contributed by atoms with Crippen LogP contribution in [-0.2, 0) is 0 Å². The molecule has 0 radical (unpaired) electrons. The summed E-state index contributed by atoms with van der Waals surface area (Å²) in [7, 11) is 0. The highest BCUT2D eigenvalue weighted by molar-refractivity contribution is 6.28. The van der Waals surface area contributed by atoms with Crippen LogP contribution in [0.25, 0.3) is 11.5 Å². The lowest BCUT2D eigenvalue weighted by molar-refractivity contribution is 0.580. The smallest absolute Gasteiger partial charge is 0.224 e. The first kappa shape index (κ1) is 8.07. The standard InChI is InChI=1S/C8H6ClN3O/c9-8-11-5(4-7(10)12-8)6-2-1-3-13-6/h1-4H,(H2,10,11,12). The van der Waals surface area contributed by atoms with Crippen LogP contribution in [0.1, 0.15) is 0 Å². The minimum absolute atomic E-state index is 0.117. The fourth-order valence-electron chi connectivity index (χ4n) is 0.986. The topological polar surface area (TPSA) is 64.9 Å². The van der Waals surface area contributed by atoms with Gasteiger partial charge in [-0.25, -0.2) is 9.97 Å². The van der Waals surface area contributed by atoms with Crippen molar-refractivity contribution < 1.29 is 4.42 Å². The number of rotatable bonds is 1. The van der Waals surface area contributed by atoms with E-state index in [4.69, 9.17) is 21.8 Å². The van der Waals surface area contributed by atoms with Gasteiger partial charge in [-0.1, -0.05) is 0 Å². The van der Waals surface area contributed by atoms with Crippen molar-refractivity contribution in [2.75, 3.05) is 5.73 Å². The summed E-state index contributed by atoms with van der Waals surface area (Å²) in [6, 6.07) is 5.14. The zero-order valence-electron chi connectivity index (χ0n) is 6.57. The fraction of sp³-hybridized carbons (Fsp3) is 0. The van der Waals surface area contributed by atoms with Crippen molar-refractivity contribution in [1.82, 2.24) is 9.97 Å². The second-order valence-corrected chi connectivity index (χ2v) is 2.76. The monoisotopic (exact) mass is 195 g/mol. The molecule has 2 aromatic rings. The Morgan fingerprint density at radius 3 is 2.85 bits per heavy atom.